The lowest BCUT2D eigenvalue weighted by molar-refractivity contribution is 0.785. The number of nitrogens with one attached hydrogen (secondary N) is 2. The molecule has 0 aliphatic heterocycles. The van der Waals surface area contributed by atoms with Crippen LogP contribution in [0.2, 0.25) is 0 Å². The maximum Gasteiger partial charge on any atom is 0.163 e. The SMILES string of the molecule is Cn1ncc2c(NCc3ncc[nH]3)ncnc21. The summed E-state index contributed by atoms with van der Waals surface area (Å²) in [7, 11) is 1.85. The second-order valence-corrected chi connectivity index (χ2v) is 3.62. The zero-order chi connectivity index (χ0) is 11.7. The van der Waals surface area contributed by atoms with Gasteiger partial charge < -0.3 is 10.3 Å². The lowest BCUT2D eigenvalue weighted by atomic mass is 10.4. The molecular formula is C10H11N7. The molecule has 0 amide bonds. The second kappa shape index (κ2) is 3.85. The van der Waals surface area contributed by atoms with E-state index in [0.29, 0.717) is 6.54 Å². The third-order valence-electron chi connectivity index (χ3n) is 2.51. The minimum absolute atomic E-state index is 0.591. The molecule has 0 saturated carbocycles. The van der Waals surface area contributed by atoms with Crippen molar-refractivity contribution in [1.82, 2.24) is 29.7 Å². The normalized spacial score (nSPS) is 10.9. The Hall–Kier alpha value is -2.44. The maximum absolute atomic E-state index is 4.20. The van der Waals surface area contributed by atoms with Crippen molar-refractivity contribution in [2.75, 3.05) is 5.32 Å². The summed E-state index contributed by atoms with van der Waals surface area (Å²) >= 11 is 0. The molecule has 0 aliphatic rings. The summed E-state index contributed by atoms with van der Waals surface area (Å²) in [6.45, 7) is 0.591. The summed E-state index contributed by atoms with van der Waals surface area (Å²) in [5.74, 6) is 1.63. The van der Waals surface area contributed by atoms with Crippen LogP contribution in [0.15, 0.2) is 24.9 Å². The molecule has 0 atom stereocenters. The number of H-pyrrole nitrogens is 1. The average Bonchev–Trinajstić information content (AvgIpc) is 2.97. The molecule has 0 spiro atoms. The van der Waals surface area contributed by atoms with Crippen LogP contribution in [-0.2, 0) is 13.6 Å². The van der Waals surface area contributed by atoms with Gasteiger partial charge in [-0.2, -0.15) is 5.10 Å². The molecule has 0 aliphatic carbocycles. The van der Waals surface area contributed by atoms with E-state index in [1.807, 2.05) is 7.05 Å². The van der Waals surface area contributed by atoms with E-state index in [-0.39, 0.29) is 0 Å². The van der Waals surface area contributed by atoms with Crippen LogP contribution in [0.25, 0.3) is 11.0 Å². The third kappa shape index (κ3) is 1.71. The van der Waals surface area contributed by atoms with E-state index in [2.05, 4.69) is 30.4 Å². The van der Waals surface area contributed by atoms with Crippen LogP contribution < -0.4 is 5.32 Å². The predicted octanol–water partition coefficient (Wildman–Crippen LogP) is 0.698. The van der Waals surface area contributed by atoms with E-state index in [9.17, 15) is 0 Å². The molecule has 3 rings (SSSR count). The molecular weight excluding hydrogens is 218 g/mol. The number of aromatic nitrogens is 6. The molecule has 0 saturated heterocycles. The molecule has 7 heteroatoms. The van der Waals surface area contributed by atoms with Gasteiger partial charge >= 0.3 is 0 Å². The van der Waals surface area contributed by atoms with Crippen molar-refractivity contribution in [2.24, 2.45) is 7.05 Å². The Labute approximate surface area is 96.9 Å². The number of fused-ring (bicyclic) bond motifs is 1. The minimum atomic E-state index is 0.591. The first-order valence-corrected chi connectivity index (χ1v) is 5.19. The van der Waals surface area contributed by atoms with Gasteiger partial charge in [-0.1, -0.05) is 0 Å². The zero-order valence-electron chi connectivity index (χ0n) is 9.25. The lowest BCUT2D eigenvalue weighted by Gasteiger charge is -2.03. The first-order valence-electron chi connectivity index (χ1n) is 5.19. The fourth-order valence-electron chi connectivity index (χ4n) is 1.67. The molecule has 0 bridgehead atoms. The van der Waals surface area contributed by atoms with Crippen molar-refractivity contribution in [2.45, 2.75) is 6.54 Å². The fourth-order valence-corrected chi connectivity index (χ4v) is 1.67. The van der Waals surface area contributed by atoms with E-state index in [4.69, 9.17) is 0 Å². The summed E-state index contributed by atoms with van der Waals surface area (Å²) < 4.78 is 1.72. The summed E-state index contributed by atoms with van der Waals surface area (Å²) in [5.41, 5.74) is 0.807. The van der Waals surface area contributed by atoms with Gasteiger partial charge in [0.2, 0.25) is 0 Å². The van der Waals surface area contributed by atoms with Gasteiger partial charge in [0, 0.05) is 19.4 Å². The average molecular weight is 229 g/mol. The molecule has 7 nitrogen and oxygen atoms in total. The largest absolute Gasteiger partial charge is 0.362 e. The van der Waals surface area contributed by atoms with Crippen LogP contribution in [0, 0.1) is 0 Å². The highest BCUT2D eigenvalue weighted by Gasteiger charge is 2.07. The van der Waals surface area contributed by atoms with Crippen molar-refractivity contribution in [3.05, 3.63) is 30.7 Å². The molecule has 0 radical (unpaired) electrons. The Morgan fingerprint density at radius 1 is 1.35 bits per heavy atom. The van der Waals surface area contributed by atoms with Crippen molar-refractivity contribution in [1.29, 1.82) is 0 Å². The first kappa shape index (κ1) is 9.76. The Kier molecular flexibility index (Phi) is 2.21. The van der Waals surface area contributed by atoms with Crippen LogP contribution in [-0.4, -0.2) is 29.7 Å². The summed E-state index contributed by atoms with van der Waals surface area (Å²) in [4.78, 5) is 15.5. The number of rotatable bonds is 3. The standard InChI is InChI=1S/C10H11N7/c1-17-10-7(4-16-17)9(14-6-15-10)13-5-8-11-2-3-12-8/h2-4,6H,5H2,1H3,(H,11,12)(H,13,14,15). The molecule has 3 aromatic heterocycles. The molecule has 86 valence electrons. The van der Waals surface area contributed by atoms with Gasteiger partial charge in [0.05, 0.1) is 18.1 Å². The number of nitrogens with zero attached hydrogens (tertiary/aromatic N) is 5. The number of hydrogen-bond donors (Lipinski definition) is 2. The van der Waals surface area contributed by atoms with Crippen LogP contribution in [0.4, 0.5) is 5.82 Å². The second-order valence-electron chi connectivity index (χ2n) is 3.62. The van der Waals surface area contributed by atoms with Gasteiger partial charge in [-0.25, -0.2) is 15.0 Å². The highest BCUT2D eigenvalue weighted by atomic mass is 15.3. The predicted molar refractivity (Wildman–Crippen MR) is 62.2 cm³/mol. The topological polar surface area (TPSA) is 84.3 Å². The fraction of sp³-hybridized carbons (Fsp3) is 0.200. The van der Waals surface area contributed by atoms with Crippen molar-refractivity contribution in [3.8, 4) is 0 Å². The maximum atomic E-state index is 4.20. The van der Waals surface area contributed by atoms with E-state index in [0.717, 1.165) is 22.7 Å². The van der Waals surface area contributed by atoms with Gasteiger partial charge in [0.15, 0.2) is 5.65 Å². The Bertz CT molecular complexity index is 625. The van der Waals surface area contributed by atoms with Crippen molar-refractivity contribution >= 4 is 16.9 Å². The Morgan fingerprint density at radius 2 is 2.29 bits per heavy atom. The van der Waals surface area contributed by atoms with Gasteiger partial charge in [0.1, 0.15) is 18.0 Å². The molecule has 0 fully saturated rings. The van der Waals surface area contributed by atoms with Gasteiger partial charge in [-0.15, -0.1) is 0 Å². The van der Waals surface area contributed by atoms with Crippen molar-refractivity contribution < 1.29 is 0 Å². The van der Waals surface area contributed by atoms with Gasteiger partial charge in [-0.3, -0.25) is 4.68 Å². The van der Waals surface area contributed by atoms with E-state index in [1.54, 1.807) is 23.3 Å². The number of hydrogen-bond acceptors (Lipinski definition) is 5. The molecule has 2 N–H and O–H groups in total. The number of aryl methyl sites for hydroxylation is 1. The molecule has 0 aromatic carbocycles. The van der Waals surface area contributed by atoms with Crippen LogP contribution in [0.3, 0.4) is 0 Å². The minimum Gasteiger partial charge on any atom is -0.362 e. The molecule has 3 aromatic rings. The van der Waals surface area contributed by atoms with Gasteiger partial charge in [0.25, 0.3) is 0 Å². The smallest absolute Gasteiger partial charge is 0.163 e. The van der Waals surface area contributed by atoms with E-state index < -0.39 is 0 Å². The summed E-state index contributed by atoms with van der Waals surface area (Å²) in [6.07, 6.45) is 6.78. The van der Waals surface area contributed by atoms with E-state index >= 15 is 0 Å². The monoisotopic (exact) mass is 229 g/mol. The highest BCUT2D eigenvalue weighted by Crippen LogP contribution is 2.17. The first-order chi connectivity index (χ1) is 8.34. The van der Waals surface area contributed by atoms with Crippen molar-refractivity contribution in [3.63, 3.8) is 0 Å². The number of imidazole rings is 1. The summed E-state index contributed by atoms with van der Waals surface area (Å²) in [6, 6.07) is 0. The molecule has 0 unspecified atom stereocenters. The summed E-state index contributed by atoms with van der Waals surface area (Å²) in [5, 5.41) is 8.26. The number of aromatic amines is 1. The third-order valence-corrected chi connectivity index (χ3v) is 2.51. The van der Waals surface area contributed by atoms with Crippen LogP contribution in [0.1, 0.15) is 5.82 Å². The lowest BCUT2D eigenvalue weighted by Crippen LogP contribution is -2.03. The van der Waals surface area contributed by atoms with Gasteiger partial charge in [-0.05, 0) is 0 Å². The quantitative estimate of drug-likeness (QED) is 0.690. The van der Waals surface area contributed by atoms with Crippen LogP contribution in [0.5, 0.6) is 0 Å². The molecule has 3 heterocycles. The highest BCUT2D eigenvalue weighted by molar-refractivity contribution is 5.85. The molecule has 17 heavy (non-hydrogen) atoms. The van der Waals surface area contributed by atoms with Crippen LogP contribution >= 0.6 is 0 Å². The Balaban J connectivity index is 1.90. The Morgan fingerprint density at radius 3 is 3.12 bits per heavy atom. The zero-order valence-corrected chi connectivity index (χ0v) is 9.25. The van der Waals surface area contributed by atoms with E-state index in [1.165, 1.54) is 6.33 Å². The number of anilines is 1.